The third-order valence-corrected chi connectivity index (χ3v) is 4.63. The SMILES string of the molecule is O=C(NCc1nc(-c2ccccc2)no1)n1sc2ccccc2c1=O. The number of hydrogen-bond acceptors (Lipinski definition) is 6. The van der Waals surface area contributed by atoms with E-state index in [4.69, 9.17) is 4.52 Å². The van der Waals surface area contributed by atoms with Crippen LogP contribution in [0.4, 0.5) is 4.79 Å². The second-order valence-electron chi connectivity index (χ2n) is 5.22. The highest BCUT2D eigenvalue weighted by atomic mass is 32.1. The lowest BCUT2D eigenvalue weighted by molar-refractivity contribution is 0.241. The molecule has 0 bridgehead atoms. The molecule has 2 heterocycles. The molecule has 0 aliphatic carbocycles. The predicted molar refractivity (Wildman–Crippen MR) is 93.5 cm³/mol. The molecule has 7 nitrogen and oxygen atoms in total. The number of carbonyl (C=O) groups excluding carboxylic acids is 1. The van der Waals surface area contributed by atoms with Crippen molar-refractivity contribution in [2.75, 3.05) is 0 Å². The number of carbonyl (C=O) groups is 1. The van der Waals surface area contributed by atoms with E-state index in [0.717, 1.165) is 25.8 Å². The maximum absolute atomic E-state index is 12.3. The predicted octanol–water partition coefficient (Wildman–Crippen LogP) is 2.87. The third-order valence-electron chi connectivity index (χ3n) is 3.57. The van der Waals surface area contributed by atoms with Gasteiger partial charge in [-0.05, 0) is 23.7 Å². The van der Waals surface area contributed by atoms with Crippen LogP contribution in [-0.4, -0.2) is 20.1 Å². The van der Waals surface area contributed by atoms with Gasteiger partial charge in [-0.1, -0.05) is 47.6 Å². The van der Waals surface area contributed by atoms with Gasteiger partial charge in [0.2, 0.25) is 11.7 Å². The van der Waals surface area contributed by atoms with Crippen molar-refractivity contribution in [2.45, 2.75) is 6.54 Å². The average Bonchev–Trinajstić information content (AvgIpc) is 3.26. The van der Waals surface area contributed by atoms with Crippen molar-refractivity contribution in [3.63, 3.8) is 0 Å². The quantitative estimate of drug-likeness (QED) is 0.612. The van der Waals surface area contributed by atoms with Gasteiger partial charge in [-0.2, -0.15) is 8.94 Å². The second kappa shape index (κ2) is 6.33. The summed E-state index contributed by atoms with van der Waals surface area (Å²) >= 11 is 1.09. The Labute approximate surface area is 145 Å². The molecule has 1 N–H and O–H groups in total. The van der Waals surface area contributed by atoms with E-state index in [2.05, 4.69) is 15.5 Å². The molecule has 2 aromatic heterocycles. The minimum Gasteiger partial charge on any atom is -0.337 e. The van der Waals surface area contributed by atoms with Gasteiger partial charge in [0.25, 0.3) is 5.56 Å². The Kier molecular flexibility index (Phi) is 3.87. The lowest BCUT2D eigenvalue weighted by Gasteiger charge is -2.00. The van der Waals surface area contributed by atoms with Crippen LogP contribution in [0, 0.1) is 0 Å². The van der Waals surface area contributed by atoms with Gasteiger partial charge in [0.15, 0.2) is 0 Å². The summed E-state index contributed by atoms with van der Waals surface area (Å²) < 4.78 is 6.97. The fourth-order valence-corrected chi connectivity index (χ4v) is 3.28. The summed E-state index contributed by atoms with van der Waals surface area (Å²) in [6, 6.07) is 15.9. The fraction of sp³-hybridized carbons (Fsp3) is 0.0588. The third kappa shape index (κ3) is 2.94. The van der Waals surface area contributed by atoms with Crippen LogP contribution in [0.5, 0.6) is 0 Å². The van der Waals surface area contributed by atoms with Crippen molar-refractivity contribution in [2.24, 2.45) is 0 Å². The summed E-state index contributed by atoms with van der Waals surface area (Å²) in [6.07, 6.45) is 0. The largest absolute Gasteiger partial charge is 0.338 e. The molecule has 0 aliphatic heterocycles. The lowest BCUT2D eigenvalue weighted by atomic mass is 10.2. The Bertz CT molecular complexity index is 1100. The Hall–Kier alpha value is -3.26. The Morgan fingerprint density at radius 1 is 1.12 bits per heavy atom. The van der Waals surface area contributed by atoms with E-state index in [1.54, 1.807) is 18.2 Å². The summed E-state index contributed by atoms with van der Waals surface area (Å²) in [5.74, 6) is 0.713. The number of rotatable bonds is 3. The van der Waals surface area contributed by atoms with E-state index < -0.39 is 6.03 Å². The number of amides is 1. The molecule has 1 amide bonds. The van der Waals surface area contributed by atoms with Crippen LogP contribution < -0.4 is 10.9 Å². The number of fused-ring (bicyclic) bond motifs is 1. The molecule has 4 aromatic rings. The van der Waals surface area contributed by atoms with E-state index in [1.165, 1.54) is 0 Å². The highest BCUT2D eigenvalue weighted by molar-refractivity contribution is 7.14. The molecular formula is C17H12N4O3S. The van der Waals surface area contributed by atoms with Gasteiger partial charge in [-0.15, -0.1) is 0 Å². The number of benzene rings is 2. The van der Waals surface area contributed by atoms with Crippen LogP contribution in [0.15, 0.2) is 63.9 Å². The zero-order valence-corrected chi connectivity index (χ0v) is 13.7. The maximum atomic E-state index is 12.3. The van der Waals surface area contributed by atoms with Gasteiger partial charge in [-0.25, -0.2) is 4.79 Å². The van der Waals surface area contributed by atoms with E-state index in [1.807, 2.05) is 36.4 Å². The number of nitrogens with zero attached hydrogens (tertiary/aromatic N) is 3. The van der Waals surface area contributed by atoms with Gasteiger partial charge < -0.3 is 9.84 Å². The zero-order chi connectivity index (χ0) is 17.2. The minimum absolute atomic E-state index is 0.0410. The highest BCUT2D eigenvalue weighted by Crippen LogP contribution is 2.16. The number of hydrogen-bond donors (Lipinski definition) is 1. The molecule has 0 fully saturated rings. The molecule has 8 heteroatoms. The molecule has 0 spiro atoms. The monoisotopic (exact) mass is 352 g/mol. The van der Waals surface area contributed by atoms with E-state index in [9.17, 15) is 9.59 Å². The minimum atomic E-state index is -0.523. The molecule has 0 atom stereocenters. The summed E-state index contributed by atoms with van der Waals surface area (Å²) in [5, 5.41) is 7.03. The van der Waals surface area contributed by atoms with Gasteiger partial charge in [0.05, 0.1) is 16.6 Å². The smallest absolute Gasteiger partial charge is 0.337 e. The van der Waals surface area contributed by atoms with E-state index in [-0.39, 0.29) is 18.0 Å². The molecule has 0 saturated carbocycles. The van der Waals surface area contributed by atoms with E-state index in [0.29, 0.717) is 11.2 Å². The normalized spacial score (nSPS) is 10.9. The average molecular weight is 352 g/mol. The number of nitrogens with one attached hydrogen (secondary N) is 1. The molecule has 2 aromatic carbocycles. The maximum Gasteiger partial charge on any atom is 0.338 e. The Balaban J connectivity index is 1.49. The van der Waals surface area contributed by atoms with Gasteiger partial charge in [0, 0.05) is 5.56 Å². The number of aromatic nitrogens is 3. The van der Waals surface area contributed by atoms with Gasteiger partial charge in [-0.3, -0.25) is 4.79 Å². The van der Waals surface area contributed by atoms with Gasteiger partial charge in [0.1, 0.15) is 0 Å². The van der Waals surface area contributed by atoms with Crippen LogP contribution in [0.1, 0.15) is 5.89 Å². The molecule has 0 aliphatic rings. The summed E-state index contributed by atoms with van der Waals surface area (Å²) in [7, 11) is 0. The molecule has 0 unspecified atom stereocenters. The lowest BCUT2D eigenvalue weighted by Crippen LogP contribution is -2.32. The highest BCUT2D eigenvalue weighted by Gasteiger charge is 2.15. The van der Waals surface area contributed by atoms with Crippen LogP contribution in [-0.2, 0) is 6.54 Å². The molecular weight excluding hydrogens is 340 g/mol. The van der Waals surface area contributed by atoms with Crippen molar-refractivity contribution < 1.29 is 9.32 Å². The topological polar surface area (TPSA) is 90.0 Å². The summed E-state index contributed by atoms with van der Waals surface area (Å²) in [6.45, 7) is 0.0410. The first kappa shape index (κ1) is 15.3. The molecule has 0 radical (unpaired) electrons. The van der Waals surface area contributed by atoms with Crippen molar-refractivity contribution in [3.8, 4) is 11.4 Å². The van der Waals surface area contributed by atoms with E-state index >= 15 is 0 Å². The van der Waals surface area contributed by atoms with Crippen molar-refractivity contribution in [3.05, 3.63) is 70.8 Å². The first-order chi connectivity index (χ1) is 12.2. The molecule has 0 saturated heterocycles. The Morgan fingerprint density at radius 3 is 2.68 bits per heavy atom. The van der Waals surface area contributed by atoms with Crippen molar-refractivity contribution >= 4 is 27.6 Å². The fourth-order valence-electron chi connectivity index (χ4n) is 2.36. The van der Waals surface area contributed by atoms with Crippen LogP contribution in [0.25, 0.3) is 21.5 Å². The molecule has 4 rings (SSSR count). The summed E-state index contributed by atoms with van der Waals surface area (Å²) in [4.78, 5) is 28.7. The molecule has 124 valence electrons. The second-order valence-corrected chi connectivity index (χ2v) is 6.21. The van der Waals surface area contributed by atoms with Crippen molar-refractivity contribution in [1.29, 1.82) is 0 Å². The van der Waals surface area contributed by atoms with Crippen LogP contribution in [0.2, 0.25) is 0 Å². The first-order valence-corrected chi connectivity index (χ1v) is 8.27. The van der Waals surface area contributed by atoms with Gasteiger partial charge >= 0.3 is 6.03 Å². The molecule has 25 heavy (non-hydrogen) atoms. The zero-order valence-electron chi connectivity index (χ0n) is 12.9. The summed E-state index contributed by atoms with van der Waals surface area (Å²) in [5.41, 5.74) is 0.484. The van der Waals surface area contributed by atoms with Crippen molar-refractivity contribution in [1.82, 2.24) is 19.4 Å². The Morgan fingerprint density at radius 2 is 1.88 bits per heavy atom. The van der Waals surface area contributed by atoms with Crippen LogP contribution >= 0.6 is 11.5 Å². The first-order valence-electron chi connectivity index (χ1n) is 7.49. The van der Waals surface area contributed by atoms with Crippen LogP contribution in [0.3, 0.4) is 0 Å². The standard InChI is InChI=1S/C17H12N4O3S/c22-16-12-8-4-5-9-13(12)25-21(16)17(23)18-10-14-19-15(20-24-14)11-6-2-1-3-7-11/h1-9H,10H2,(H,18,23).